The van der Waals surface area contributed by atoms with E-state index in [0.29, 0.717) is 6.42 Å². The normalized spacial score (nSPS) is 17.4. The van der Waals surface area contributed by atoms with Crippen molar-refractivity contribution in [2.24, 2.45) is 5.41 Å². The van der Waals surface area contributed by atoms with Crippen molar-refractivity contribution in [3.63, 3.8) is 0 Å². The number of aryl methyl sites for hydroxylation is 1. The Morgan fingerprint density at radius 2 is 1.79 bits per heavy atom. The summed E-state index contributed by atoms with van der Waals surface area (Å²) in [4.78, 5) is 14.6. The Labute approximate surface area is 174 Å². The Bertz CT molecular complexity index is 738. The van der Waals surface area contributed by atoms with Gasteiger partial charge in [-0.15, -0.1) is 0 Å². The summed E-state index contributed by atoms with van der Waals surface area (Å²) < 4.78 is 32.9. The van der Waals surface area contributed by atoms with Gasteiger partial charge in [0.15, 0.2) is 0 Å². The minimum atomic E-state index is -4.24. The Kier molecular flexibility index (Phi) is 8.55. The van der Waals surface area contributed by atoms with Crippen molar-refractivity contribution in [2.45, 2.75) is 51.7 Å². The number of hydrogen-bond acceptors (Lipinski definition) is 5. The number of benzene rings is 1. The van der Waals surface area contributed by atoms with Gasteiger partial charge >= 0.3 is 0 Å². The van der Waals surface area contributed by atoms with E-state index in [2.05, 4.69) is 0 Å². The van der Waals surface area contributed by atoms with Gasteiger partial charge in [-0.2, -0.15) is 11.8 Å². The van der Waals surface area contributed by atoms with Gasteiger partial charge in [0.25, 0.3) is 0 Å². The van der Waals surface area contributed by atoms with Gasteiger partial charge in [0, 0.05) is 23.2 Å². The number of carbonyl (C=O) groups excluding carboxylic acids is 1. The topological polar surface area (TPSA) is 78.7 Å². The smallest absolute Gasteiger partial charge is 0.145 e. The zero-order valence-electron chi connectivity index (χ0n) is 17.2. The molecular weight excluding hydrogens is 394 g/mol. The van der Waals surface area contributed by atoms with Gasteiger partial charge < -0.3 is 9.45 Å². The molecule has 0 bridgehead atoms. The molecule has 1 aromatic rings. The summed E-state index contributed by atoms with van der Waals surface area (Å²) in [6.45, 7) is 9.16. The second-order valence-electron chi connectivity index (χ2n) is 8.53. The van der Waals surface area contributed by atoms with Crippen LogP contribution in [0.3, 0.4) is 0 Å². The first-order valence-corrected chi connectivity index (χ1v) is 12.7. The van der Waals surface area contributed by atoms with E-state index in [4.69, 9.17) is 0 Å². The molecule has 1 saturated heterocycles. The highest BCUT2D eigenvalue weighted by Crippen LogP contribution is 2.35. The van der Waals surface area contributed by atoms with Crippen LogP contribution in [0.5, 0.6) is 0 Å². The number of carbonyl (C=O) groups is 1. The monoisotopic (exact) mass is 427 g/mol. The summed E-state index contributed by atoms with van der Waals surface area (Å²) in [5.41, 5.74) is 1.73. The summed E-state index contributed by atoms with van der Waals surface area (Å²) >= 11 is 1.39. The van der Waals surface area contributed by atoms with Crippen LogP contribution in [0, 0.1) is 12.3 Å². The maximum Gasteiger partial charge on any atom is 0.145 e. The van der Waals surface area contributed by atoms with Gasteiger partial charge in [0.2, 0.25) is 0 Å². The molecule has 1 aromatic carbocycles. The zero-order valence-corrected chi connectivity index (χ0v) is 18.8. The van der Waals surface area contributed by atoms with Crippen molar-refractivity contribution in [3.05, 3.63) is 35.4 Å². The van der Waals surface area contributed by atoms with Crippen molar-refractivity contribution in [1.82, 2.24) is 0 Å². The molecule has 1 unspecified atom stereocenters. The molecule has 0 spiro atoms. The van der Waals surface area contributed by atoms with Crippen molar-refractivity contribution in [3.8, 4) is 0 Å². The summed E-state index contributed by atoms with van der Waals surface area (Å²) in [7, 11) is -4.24. The van der Waals surface area contributed by atoms with E-state index in [9.17, 15) is 17.8 Å². The quantitative estimate of drug-likeness (QED) is 0.580. The lowest BCUT2D eigenvalue weighted by Crippen LogP contribution is -3.14. The molecule has 7 heteroatoms. The number of quaternary nitrogens is 1. The number of ketones is 1. The van der Waals surface area contributed by atoms with Crippen LogP contribution in [0.4, 0.5) is 0 Å². The molecule has 0 amide bonds. The highest BCUT2D eigenvalue weighted by molar-refractivity contribution is 8.00. The predicted octanol–water partition coefficient (Wildman–Crippen LogP) is 2.37. The molecule has 1 atom stereocenters. The summed E-state index contributed by atoms with van der Waals surface area (Å²) in [5.74, 6) is -0.000941. The zero-order chi connectivity index (χ0) is 20.8. The highest BCUT2D eigenvalue weighted by atomic mass is 32.2. The van der Waals surface area contributed by atoms with Crippen molar-refractivity contribution in [2.75, 3.05) is 31.1 Å². The summed E-state index contributed by atoms with van der Waals surface area (Å²) in [5, 5.41) is -0.134. The van der Waals surface area contributed by atoms with Crippen LogP contribution < -0.4 is 4.90 Å². The van der Waals surface area contributed by atoms with Crippen LogP contribution in [0.1, 0.15) is 55.9 Å². The van der Waals surface area contributed by atoms with E-state index < -0.39 is 21.3 Å². The Balaban J connectivity index is 2.06. The fraction of sp³-hybridized carbons (Fsp3) is 0.667. The molecule has 158 valence electrons. The lowest BCUT2D eigenvalue weighted by Gasteiger charge is -2.32. The first-order valence-electron chi connectivity index (χ1n) is 10.1. The maximum atomic E-state index is 13.1. The maximum absolute atomic E-state index is 13.1. The molecule has 0 aromatic heterocycles. The van der Waals surface area contributed by atoms with E-state index in [1.165, 1.54) is 35.9 Å². The Hall–Kier alpha value is -0.890. The second-order valence-corrected chi connectivity index (χ2v) is 11.4. The average Bonchev–Trinajstić information content (AvgIpc) is 2.61. The van der Waals surface area contributed by atoms with Crippen molar-refractivity contribution >= 4 is 27.7 Å². The minimum absolute atomic E-state index is 0.134. The fourth-order valence-corrected chi connectivity index (χ4v) is 5.85. The van der Waals surface area contributed by atoms with Crippen molar-refractivity contribution < 1.29 is 22.7 Å². The third-order valence-electron chi connectivity index (χ3n) is 5.48. The van der Waals surface area contributed by atoms with Crippen LogP contribution in [0.2, 0.25) is 0 Å². The van der Waals surface area contributed by atoms with E-state index in [1.54, 1.807) is 0 Å². The largest absolute Gasteiger partial charge is 0.748 e. The van der Waals surface area contributed by atoms with E-state index in [0.717, 1.165) is 30.8 Å². The third-order valence-corrected chi connectivity index (χ3v) is 7.72. The van der Waals surface area contributed by atoms with Gasteiger partial charge in [-0.05, 0) is 45.6 Å². The van der Waals surface area contributed by atoms with E-state index in [-0.39, 0.29) is 16.8 Å². The second kappa shape index (κ2) is 10.2. The molecule has 28 heavy (non-hydrogen) atoms. The molecule has 1 N–H and O–H groups in total. The van der Waals surface area contributed by atoms with Gasteiger partial charge in [-0.1, -0.05) is 29.8 Å². The number of rotatable bonds is 10. The van der Waals surface area contributed by atoms with Gasteiger partial charge in [-0.3, -0.25) is 4.79 Å². The third kappa shape index (κ3) is 7.85. The molecule has 0 aliphatic carbocycles. The molecular formula is C21H33NO4S2. The molecule has 0 saturated carbocycles. The SMILES string of the molecule is Cc1ccc(C(CC(=O)C(C)(C)C[NH+]2CCCCC2)SCCS(=O)(=O)[O-])cc1. The predicted molar refractivity (Wildman–Crippen MR) is 114 cm³/mol. The highest BCUT2D eigenvalue weighted by Gasteiger charge is 2.34. The molecule has 5 nitrogen and oxygen atoms in total. The molecule has 1 aliphatic rings. The van der Waals surface area contributed by atoms with Crippen LogP contribution in [-0.2, 0) is 14.9 Å². The summed E-state index contributed by atoms with van der Waals surface area (Å²) in [6.07, 6.45) is 4.09. The summed E-state index contributed by atoms with van der Waals surface area (Å²) in [6, 6.07) is 7.99. The van der Waals surface area contributed by atoms with Crippen LogP contribution in [-0.4, -0.2) is 49.9 Å². The number of thioether (sulfide) groups is 1. The first-order chi connectivity index (χ1) is 13.1. The molecule has 1 heterocycles. The van der Waals surface area contributed by atoms with E-state index >= 15 is 0 Å². The Morgan fingerprint density at radius 3 is 2.36 bits per heavy atom. The van der Waals surface area contributed by atoms with Crippen molar-refractivity contribution in [1.29, 1.82) is 0 Å². The lowest BCUT2D eigenvalue weighted by atomic mass is 9.84. The molecule has 1 fully saturated rings. The number of piperidine rings is 1. The van der Waals surface area contributed by atoms with Crippen LogP contribution in [0.25, 0.3) is 0 Å². The van der Waals surface area contributed by atoms with Gasteiger partial charge in [-0.25, -0.2) is 8.42 Å². The van der Waals surface area contributed by atoms with Crippen LogP contribution in [0.15, 0.2) is 24.3 Å². The number of nitrogens with one attached hydrogen (secondary N) is 1. The average molecular weight is 428 g/mol. The number of likely N-dealkylation sites (tertiary alicyclic amines) is 1. The number of Topliss-reactive ketones (excluding diaryl/α,β-unsaturated/α-hetero) is 1. The standard InChI is InChI=1S/C21H33NO4S2/c1-17-7-9-18(10-8-17)19(27-13-14-28(24,25)26)15-20(23)21(2,3)16-22-11-5-4-6-12-22/h7-10,19H,4-6,11-16H2,1-3H3,(H,24,25,26). The Morgan fingerprint density at radius 1 is 1.18 bits per heavy atom. The molecule has 0 radical (unpaired) electrons. The fourth-order valence-electron chi connectivity index (χ4n) is 3.74. The lowest BCUT2D eigenvalue weighted by molar-refractivity contribution is -0.909. The molecule has 1 aliphatic heterocycles. The van der Waals surface area contributed by atoms with Gasteiger partial charge in [0.1, 0.15) is 5.78 Å². The minimum Gasteiger partial charge on any atom is -0.748 e. The van der Waals surface area contributed by atoms with E-state index in [1.807, 2.05) is 45.0 Å². The first kappa shape index (κ1) is 23.4. The number of hydrogen-bond donors (Lipinski definition) is 1. The molecule has 2 rings (SSSR count). The van der Waals surface area contributed by atoms with Gasteiger partial charge in [0.05, 0.1) is 35.2 Å². The van der Waals surface area contributed by atoms with Crippen LogP contribution >= 0.6 is 11.8 Å².